The van der Waals surface area contributed by atoms with Gasteiger partial charge in [-0.3, -0.25) is 4.79 Å². The summed E-state index contributed by atoms with van der Waals surface area (Å²) in [5.74, 6) is -0.944. The summed E-state index contributed by atoms with van der Waals surface area (Å²) in [7, 11) is -1.24. The van der Waals surface area contributed by atoms with Crippen molar-refractivity contribution in [3.8, 4) is 6.07 Å². The predicted molar refractivity (Wildman–Crippen MR) is 109 cm³/mol. The summed E-state index contributed by atoms with van der Waals surface area (Å²) in [5, 5.41) is 8.86. The van der Waals surface area contributed by atoms with E-state index >= 15 is 0 Å². The van der Waals surface area contributed by atoms with E-state index < -0.39 is 28.7 Å². The van der Waals surface area contributed by atoms with Crippen LogP contribution in [0.15, 0.2) is 41.3 Å². The Hall–Kier alpha value is -2.90. The zero-order valence-corrected chi connectivity index (χ0v) is 18.3. The lowest BCUT2D eigenvalue weighted by atomic mass is 10.0. The van der Waals surface area contributed by atoms with Crippen LogP contribution >= 0.6 is 0 Å². The summed E-state index contributed by atoms with van der Waals surface area (Å²) in [6, 6.07) is 10.2. The van der Waals surface area contributed by atoms with Crippen LogP contribution < -0.4 is 0 Å². The van der Waals surface area contributed by atoms with Crippen LogP contribution in [0.3, 0.4) is 0 Å². The number of carbonyl (C=O) groups is 1. The van der Waals surface area contributed by atoms with Crippen molar-refractivity contribution >= 4 is 15.9 Å². The van der Waals surface area contributed by atoms with Gasteiger partial charge in [-0.2, -0.15) is 18.4 Å². The Labute approximate surface area is 179 Å². The Morgan fingerprint density at radius 1 is 1.10 bits per heavy atom. The molecule has 0 aromatic heterocycles. The van der Waals surface area contributed by atoms with E-state index in [-0.39, 0.29) is 17.0 Å². The second-order valence-corrected chi connectivity index (χ2v) is 9.41. The van der Waals surface area contributed by atoms with Gasteiger partial charge in [-0.1, -0.05) is 12.1 Å². The Kier molecular flexibility index (Phi) is 7.14. The molecule has 0 fully saturated rings. The van der Waals surface area contributed by atoms with Crippen LogP contribution in [-0.2, 0) is 16.6 Å². The Balaban J connectivity index is 2.51. The van der Waals surface area contributed by atoms with Crippen LogP contribution in [-0.4, -0.2) is 50.3 Å². The normalized spacial score (nSPS) is 12.0. The highest BCUT2D eigenvalue weighted by molar-refractivity contribution is 7.89. The van der Waals surface area contributed by atoms with Crippen LogP contribution in [0.4, 0.5) is 13.2 Å². The fourth-order valence-corrected chi connectivity index (χ4v) is 4.14. The van der Waals surface area contributed by atoms with E-state index in [1.165, 1.54) is 44.4 Å². The van der Waals surface area contributed by atoms with Crippen molar-refractivity contribution < 1.29 is 26.4 Å². The van der Waals surface area contributed by atoms with Crippen LogP contribution in [0, 0.1) is 25.2 Å². The third-order valence-corrected chi connectivity index (χ3v) is 6.68. The van der Waals surface area contributed by atoms with Gasteiger partial charge in [0.05, 0.1) is 16.5 Å². The molecule has 0 heterocycles. The molecule has 0 aliphatic carbocycles. The quantitative estimate of drug-likeness (QED) is 0.669. The van der Waals surface area contributed by atoms with Gasteiger partial charge in [0.25, 0.3) is 5.91 Å². The molecule has 1 amide bonds. The van der Waals surface area contributed by atoms with Gasteiger partial charge in [-0.25, -0.2) is 12.7 Å². The number of carbonyl (C=O) groups excluding carboxylic acids is 1. The zero-order chi connectivity index (χ0) is 23.6. The van der Waals surface area contributed by atoms with E-state index in [1.54, 1.807) is 13.8 Å². The van der Waals surface area contributed by atoms with Gasteiger partial charge in [0.2, 0.25) is 10.0 Å². The smallest absolute Gasteiger partial charge is 0.325 e. The average molecular weight is 453 g/mol. The number of alkyl halides is 3. The molecule has 0 saturated carbocycles. The minimum Gasteiger partial charge on any atom is -0.325 e. The van der Waals surface area contributed by atoms with E-state index in [0.29, 0.717) is 27.2 Å². The molecule has 0 unspecified atom stereocenters. The third kappa shape index (κ3) is 5.83. The maximum absolute atomic E-state index is 13.2. The zero-order valence-electron chi connectivity index (χ0n) is 17.5. The molecule has 0 aliphatic heterocycles. The maximum Gasteiger partial charge on any atom is 0.406 e. The molecule has 2 rings (SSSR count). The molecule has 2 aromatic rings. The van der Waals surface area contributed by atoms with Crippen molar-refractivity contribution in [3.05, 3.63) is 64.2 Å². The summed E-state index contributed by atoms with van der Waals surface area (Å²) in [6.45, 7) is 1.31. The molecule has 2 aromatic carbocycles. The first-order chi connectivity index (χ1) is 14.3. The second-order valence-electron chi connectivity index (χ2n) is 7.29. The van der Waals surface area contributed by atoms with Crippen molar-refractivity contribution in [2.24, 2.45) is 0 Å². The molecule has 0 atom stereocenters. The third-order valence-electron chi connectivity index (χ3n) is 4.74. The molecule has 0 radical (unpaired) electrons. The Morgan fingerprint density at radius 3 is 2.16 bits per heavy atom. The summed E-state index contributed by atoms with van der Waals surface area (Å²) >= 11 is 0. The first kappa shape index (κ1) is 24.4. The van der Waals surface area contributed by atoms with E-state index in [4.69, 9.17) is 5.26 Å². The lowest BCUT2D eigenvalue weighted by Crippen LogP contribution is -2.38. The molecular formula is C21H22F3N3O3S. The highest BCUT2D eigenvalue weighted by atomic mass is 32.2. The summed E-state index contributed by atoms with van der Waals surface area (Å²) < 4.78 is 65.8. The number of benzene rings is 2. The number of rotatable bonds is 6. The monoisotopic (exact) mass is 453 g/mol. The van der Waals surface area contributed by atoms with Gasteiger partial charge >= 0.3 is 6.18 Å². The number of hydrogen-bond acceptors (Lipinski definition) is 4. The standard InChI is InChI=1S/C21H22F3N3O3S/c1-14-9-18(10-19(15(14)2)31(29,30)26(3)4)20(28)27(13-21(22,23)24)12-17-7-5-16(11-25)6-8-17/h5-10H,12-13H2,1-4H3. The number of hydrogen-bond donors (Lipinski definition) is 0. The van der Waals surface area contributed by atoms with Gasteiger partial charge in [-0.05, 0) is 54.8 Å². The van der Waals surface area contributed by atoms with E-state index in [2.05, 4.69) is 0 Å². The van der Waals surface area contributed by atoms with Gasteiger partial charge in [0, 0.05) is 26.2 Å². The maximum atomic E-state index is 13.2. The van der Waals surface area contributed by atoms with Crippen LogP contribution in [0.2, 0.25) is 0 Å². The average Bonchev–Trinajstić information content (AvgIpc) is 2.68. The van der Waals surface area contributed by atoms with Crippen molar-refractivity contribution in [3.63, 3.8) is 0 Å². The molecule has 0 bridgehead atoms. The summed E-state index contributed by atoms with van der Waals surface area (Å²) in [6.07, 6.45) is -4.65. The molecule has 0 aliphatic rings. The highest BCUT2D eigenvalue weighted by Crippen LogP contribution is 2.26. The highest BCUT2D eigenvalue weighted by Gasteiger charge is 2.34. The summed E-state index contributed by atoms with van der Waals surface area (Å²) in [4.78, 5) is 13.5. The predicted octanol–water partition coefficient (Wildman–Crippen LogP) is 3.63. The van der Waals surface area contributed by atoms with Crippen molar-refractivity contribution in [1.29, 1.82) is 5.26 Å². The molecule has 10 heteroatoms. The first-order valence-corrected chi connectivity index (χ1v) is 10.6. The minimum absolute atomic E-state index is 0.133. The molecule has 0 saturated heterocycles. The van der Waals surface area contributed by atoms with Crippen LogP contribution in [0.5, 0.6) is 0 Å². The molecule has 31 heavy (non-hydrogen) atoms. The van der Waals surface area contributed by atoms with Crippen LogP contribution in [0.25, 0.3) is 0 Å². The number of nitriles is 1. The van der Waals surface area contributed by atoms with Gasteiger partial charge in [-0.15, -0.1) is 0 Å². The van der Waals surface area contributed by atoms with Gasteiger partial charge in [0.15, 0.2) is 0 Å². The number of aryl methyl sites for hydroxylation is 1. The lowest BCUT2D eigenvalue weighted by Gasteiger charge is -2.25. The fourth-order valence-electron chi connectivity index (χ4n) is 2.92. The molecular weight excluding hydrogens is 431 g/mol. The number of halogens is 3. The van der Waals surface area contributed by atoms with Crippen molar-refractivity contribution in [1.82, 2.24) is 9.21 Å². The molecule has 0 spiro atoms. The van der Waals surface area contributed by atoms with Crippen molar-refractivity contribution in [2.45, 2.75) is 31.5 Å². The number of nitrogens with zero attached hydrogens (tertiary/aromatic N) is 3. The van der Waals surface area contributed by atoms with E-state index in [0.717, 1.165) is 10.4 Å². The Morgan fingerprint density at radius 2 is 1.68 bits per heavy atom. The number of sulfonamides is 1. The lowest BCUT2D eigenvalue weighted by molar-refractivity contribution is -0.141. The Bertz CT molecular complexity index is 1120. The first-order valence-electron chi connectivity index (χ1n) is 9.15. The minimum atomic E-state index is -4.65. The van der Waals surface area contributed by atoms with E-state index in [1.807, 2.05) is 6.07 Å². The van der Waals surface area contributed by atoms with E-state index in [9.17, 15) is 26.4 Å². The van der Waals surface area contributed by atoms with Gasteiger partial charge in [0.1, 0.15) is 6.54 Å². The SMILES string of the molecule is Cc1cc(C(=O)N(Cc2ccc(C#N)cc2)CC(F)(F)F)cc(S(=O)(=O)N(C)C)c1C. The fraction of sp³-hybridized carbons (Fsp3) is 0.333. The molecule has 6 nitrogen and oxygen atoms in total. The molecule has 166 valence electrons. The summed E-state index contributed by atoms with van der Waals surface area (Å²) in [5.41, 5.74) is 1.48. The second kappa shape index (κ2) is 9.08. The topological polar surface area (TPSA) is 81.5 Å². The largest absolute Gasteiger partial charge is 0.406 e. The van der Waals surface area contributed by atoms with Crippen molar-refractivity contribution in [2.75, 3.05) is 20.6 Å². The molecule has 0 N–H and O–H groups in total. The number of amides is 1. The van der Waals surface area contributed by atoms with Gasteiger partial charge < -0.3 is 4.90 Å². The van der Waals surface area contributed by atoms with Crippen LogP contribution in [0.1, 0.15) is 32.6 Å².